The quantitative estimate of drug-likeness (QED) is 0.543. The molecule has 19 heavy (non-hydrogen) atoms. The second kappa shape index (κ2) is 5.33. The van der Waals surface area contributed by atoms with Gasteiger partial charge in [0.25, 0.3) is 0 Å². The Labute approximate surface area is 115 Å². The van der Waals surface area contributed by atoms with Gasteiger partial charge in [0.15, 0.2) is 0 Å². The standard InChI is InChI=1S/C14H25N5/c1-9(2)14(3,4)8-16-11-7-12(19-15)18-13(17-11)10-5-6-10/h7,9-10H,5-6,8,15H2,1-4H3,(H2,16,17,18,19). The Morgan fingerprint density at radius 1 is 1.32 bits per heavy atom. The average molecular weight is 263 g/mol. The summed E-state index contributed by atoms with van der Waals surface area (Å²) < 4.78 is 0. The average Bonchev–Trinajstić information content (AvgIpc) is 3.20. The van der Waals surface area contributed by atoms with Gasteiger partial charge in [-0.05, 0) is 24.2 Å². The van der Waals surface area contributed by atoms with E-state index in [4.69, 9.17) is 5.84 Å². The van der Waals surface area contributed by atoms with Gasteiger partial charge in [-0.1, -0.05) is 27.7 Å². The summed E-state index contributed by atoms with van der Waals surface area (Å²) in [5.74, 6) is 9.04. The van der Waals surface area contributed by atoms with Gasteiger partial charge in [-0.3, -0.25) is 0 Å². The van der Waals surface area contributed by atoms with E-state index in [-0.39, 0.29) is 5.41 Å². The summed E-state index contributed by atoms with van der Waals surface area (Å²) >= 11 is 0. The lowest BCUT2D eigenvalue weighted by Gasteiger charge is -2.29. The minimum atomic E-state index is 0.223. The molecule has 0 aromatic carbocycles. The summed E-state index contributed by atoms with van der Waals surface area (Å²) in [6.45, 7) is 9.88. The highest BCUT2D eigenvalue weighted by Gasteiger charge is 2.28. The number of anilines is 2. The van der Waals surface area contributed by atoms with Gasteiger partial charge < -0.3 is 10.7 Å². The van der Waals surface area contributed by atoms with Crippen molar-refractivity contribution < 1.29 is 0 Å². The molecule has 2 rings (SSSR count). The fourth-order valence-corrected chi connectivity index (χ4v) is 1.68. The largest absolute Gasteiger partial charge is 0.369 e. The maximum Gasteiger partial charge on any atom is 0.145 e. The van der Waals surface area contributed by atoms with Gasteiger partial charge in [-0.2, -0.15) is 0 Å². The number of hydrazine groups is 1. The van der Waals surface area contributed by atoms with Crippen molar-refractivity contribution in [1.82, 2.24) is 9.97 Å². The Kier molecular flexibility index (Phi) is 3.94. The fraction of sp³-hybridized carbons (Fsp3) is 0.714. The molecule has 0 aliphatic heterocycles. The van der Waals surface area contributed by atoms with Crippen LogP contribution in [0.25, 0.3) is 0 Å². The molecule has 1 aromatic rings. The van der Waals surface area contributed by atoms with Crippen LogP contribution in [0.15, 0.2) is 6.07 Å². The van der Waals surface area contributed by atoms with Crippen LogP contribution in [0.5, 0.6) is 0 Å². The van der Waals surface area contributed by atoms with Crippen molar-refractivity contribution in [2.24, 2.45) is 17.2 Å². The van der Waals surface area contributed by atoms with Crippen LogP contribution < -0.4 is 16.6 Å². The van der Waals surface area contributed by atoms with Crippen LogP contribution in [0.2, 0.25) is 0 Å². The van der Waals surface area contributed by atoms with Gasteiger partial charge in [0.2, 0.25) is 0 Å². The molecule has 0 unspecified atom stereocenters. The van der Waals surface area contributed by atoms with E-state index in [0.29, 0.717) is 17.7 Å². The topological polar surface area (TPSA) is 75.9 Å². The van der Waals surface area contributed by atoms with Crippen molar-refractivity contribution in [2.45, 2.75) is 46.5 Å². The van der Waals surface area contributed by atoms with Crippen molar-refractivity contribution >= 4 is 11.6 Å². The van der Waals surface area contributed by atoms with Gasteiger partial charge in [0.1, 0.15) is 17.5 Å². The van der Waals surface area contributed by atoms with E-state index >= 15 is 0 Å². The molecule has 0 radical (unpaired) electrons. The molecule has 106 valence electrons. The fourth-order valence-electron chi connectivity index (χ4n) is 1.68. The molecule has 5 heteroatoms. The Balaban J connectivity index is 2.09. The van der Waals surface area contributed by atoms with E-state index in [1.165, 1.54) is 12.8 Å². The molecule has 1 aliphatic rings. The third-order valence-corrected chi connectivity index (χ3v) is 4.12. The number of hydrogen-bond donors (Lipinski definition) is 3. The molecule has 0 spiro atoms. The number of hydrogen-bond acceptors (Lipinski definition) is 5. The lowest BCUT2D eigenvalue weighted by Crippen LogP contribution is -2.29. The monoisotopic (exact) mass is 263 g/mol. The normalized spacial score (nSPS) is 15.7. The van der Waals surface area contributed by atoms with Crippen LogP contribution in [-0.2, 0) is 0 Å². The first-order valence-corrected chi connectivity index (χ1v) is 7.02. The third-order valence-electron chi connectivity index (χ3n) is 4.12. The number of nitrogens with two attached hydrogens (primary N) is 1. The molecule has 1 fully saturated rings. The summed E-state index contributed by atoms with van der Waals surface area (Å²) in [4.78, 5) is 8.99. The third kappa shape index (κ3) is 3.56. The molecule has 1 aliphatic carbocycles. The molecule has 1 heterocycles. The minimum absolute atomic E-state index is 0.223. The Bertz CT molecular complexity index is 437. The highest BCUT2D eigenvalue weighted by molar-refractivity contribution is 5.47. The summed E-state index contributed by atoms with van der Waals surface area (Å²) in [6, 6.07) is 1.86. The van der Waals surface area contributed by atoms with Gasteiger partial charge in [-0.25, -0.2) is 15.8 Å². The Morgan fingerprint density at radius 3 is 2.47 bits per heavy atom. The van der Waals surface area contributed by atoms with Crippen molar-refractivity contribution in [3.8, 4) is 0 Å². The van der Waals surface area contributed by atoms with Crippen LogP contribution in [0.3, 0.4) is 0 Å². The maximum atomic E-state index is 5.47. The smallest absolute Gasteiger partial charge is 0.145 e. The zero-order valence-corrected chi connectivity index (χ0v) is 12.3. The molecule has 0 bridgehead atoms. The molecule has 1 saturated carbocycles. The van der Waals surface area contributed by atoms with Crippen LogP contribution in [0.4, 0.5) is 11.6 Å². The minimum Gasteiger partial charge on any atom is -0.369 e. The van der Waals surface area contributed by atoms with Crippen molar-refractivity contribution in [3.63, 3.8) is 0 Å². The van der Waals surface area contributed by atoms with Crippen LogP contribution in [0, 0.1) is 11.3 Å². The van der Waals surface area contributed by atoms with Gasteiger partial charge in [-0.15, -0.1) is 0 Å². The summed E-state index contributed by atoms with van der Waals surface area (Å²) in [5, 5.41) is 3.42. The SMILES string of the molecule is CC(C)C(C)(C)CNc1cc(NN)nc(C2CC2)n1. The second-order valence-corrected chi connectivity index (χ2v) is 6.41. The zero-order valence-electron chi connectivity index (χ0n) is 12.3. The number of aromatic nitrogens is 2. The first-order chi connectivity index (χ1) is 8.92. The van der Waals surface area contributed by atoms with Crippen LogP contribution >= 0.6 is 0 Å². The van der Waals surface area contributed by atoms with E-state index in [1.807, 2.05) is 6.07 Å². The highest BCUT2D eigenvalue weighted by Crippen LogP contribution is 2.38. The first kappa shape index (κ1) is 14.1. The van der Waals surface area contributed by atoms with Gasteiger partial charge in [0, 0.05) is 18.5 Å². The molecule has 0 saturated heterocycles. The lowest BCUT2D eigenvalue weighted by molar-refractivity contribution is 0.269. The second-order valence-electron chi connectivity index (χ2n) is 6.41. The van der Waals surface area contributed by atoms with Crippen molar-refractivity contribution in [2.75, 3.05) is 17.3 Å². The Morgan fingerprint density at radius 2 is 1.95 bits per heavy atom. The molecule has 1 aromatic heterocycles. The first-order valence-electron chi connectivity index (χ1n) is 7.02. The molecule has 0 amide bonds. The molecular weight excluding hydrogens is 238 g/mol. The molecule has 5 nitrogen and oxygen atoms in total. The number of nitrogens with zero attached hydrogens (tertiary/aromatic N) is 2. The van der Waals surface area contributed by atoms with Crippen LogP contribution in [0.1, 0.15) is 52.3 Å². The lowest BCUT2D eigenvalue weighted by atomic mass is 9.81. The van der Waals surface area contributed by atoms with Gasteiger partial charge >= 0.3 is 0 Å². The zero-order chi connectivity index (χ0) is 14.0. The maximum absolute atomic E-state index is 5.47. The number of nitrogen functional groups attached to an aromatic ring is 1. The highest BCUT2D eigenvalue weighted by atomic mass is 15.3. The number of rotatable bonds is 6. The van der Waals surface area contributed by atoms with Crippen molar-refractivity contribution in [3.05, 3.63) is 11.9 Å². The summed E-state index contributed by atoms with van der Waals surface area (Å²) in [5.41, 5.74) is 2.84. The predicted molar refractivity (Wildman–Crippen MR) is 78.9 cm³/mol. The van der Waals surface area contributed by atoms with E-state index in [1.54, 1.807) is 0 Å². The van der Waals surface area contributed by atoms with E-state index < -0.39 is 0 Å². The predicted octanol–water partition coefficient (Wildman–Crippen LogP) is 2.73. The van der Waals surface area contributed by atoms with E-state index in [2.05, 4.69) is 48.4 Å². The van der Waals surface area contributed by atoms with Crippen LogP contribution in [-0.4, -0.2) is 16.5 Å². The van der Waals surface area contributed by atoms with E-state index in [0.717, 1.165) is 18.2 Å². The number of nitrogens with one attached hydrogen (secondary N) is 2. The summed E-state index contributed by atoms with van der Waals surface area (Å²) in [7, 11) is 0. The molecular formula is C14H25N5. The van der Waals surface area contributed by atoms with Gasteiger partial charge in [0.05, 0.1) is 0 Å². The summed E-state index contributed by atoms with van der Waals surface area (Å²) in [6.07, 6.45) is 2.37. The van der Waals surface area contributed by atoms with E-state index in [9.17, 15) is 0 Å². The molecule has 0 atom stereocenters. The van der Waals surface area contributed by atoms with Crippen molar-refractivity contribution in [1.29, 1.82) is 0 Å². The Hall–Kier alpha value is -1.36. The molecule has 4 N–H and O–H groups in total.